The molecule has 0 saturated carbocycles. The first-order valence-corrected chi connectivity index (χ1v) is 8.58. The number of hydrogen-bond acceptors (Lipinski definition) is 4. The van der Waals surface area contributed by atoms with Gasteiger partial charge in [-0.3, -0.25) is 0 Å². The zero-order valence-corrected chi connectivity index (χ0v) is 12.4. The van der Waals surface area contributed by atoms with Crippen LogP contribution in [0.1, 0.15) is 28.5 Å². The third-order valence-electron chi connectivity index (χ3n) is 3.24. The second-order valence-corrected chi connectivity index (χ2v) is 6.43. The highest BCUT2D eigenvalue weighted by molar-refractivity contribution is 7.97. The summed E-state index contributed by atoms with van der Waals surface area (Å²) < 4.78 is 0. The molecule has 4 heteroatoms. The molecule has 0 amide bonds. The average Bonchev–Trinajstić information content (AvgIpc) is 3.11. The molecule has 1 aliphatic heterocycles. The molecule has 0 aliphatic carbocycles. The van der Waals surface area contributed by atoms with Crippen molar-refractivity contribution in [3.63, 3.8) is 0 Å². The molecule has 1 aliphatic rings. The Morgan fingerprint density at radius 2 is 2.16 bits per heavy atom. The summed E-state index contributed by atoms with van der Waals surface area (Å²) in [4.78, 5) is 1.36. The summed E-state index contributed by atoms with van der Waals surface area (Å²) in [6, 6.07) is 13.4. The lowest BCUT2D eigenvalue weighted by Crippen LogP contribution is -2.07. The molecule has 1 aromatic carbocycles. The maximum atomic E-state index is 4.49. The van der Waals surface area contributed by atoms with Gasteiger partial charge >= 0.3 is 0 Å². The highest BCUT2D eigenvalue weighted by Gasteiger charge is 2.21. The number of hydrogen-bond donors (Lipinski definition) is 1. The van der Waals surface area contributed by atoms with Crippen LogP contribution in [0.4, 0.5) is 0 Å². The summed E-state index contributed by atoms with van der Waals surface area (Å²) in [6.07, 6.45) is 3.10. The van der Waals surface area contributed by atoms with Crippen molar-refractivity contribution in [3.8, 4) is 0 Å². The number of thiophene rings is 1. The molecule has 98 valence electrons. The number of rotatable bonds is 4. The van der Waals surface area contributed by atoms with Crippen LogP contribution in [-0.2, 0) is 5.75 Å². The third-order valence-corrected chi connectivity index (χ3v) is 4.85. The first kappa shape index (κ1) is 12.8. The van der Waals surface area contributed by atoms with Crippen LogP contribution >= 0.6 is 23.1 Å². The van der Waals surface area contributed by atoms with Crippen LogP contribution in [-0.4, -0.2) is 12.0 Å². The van der Waals surface area contributed by atoms with Crippen molar-refractivity contribution in [2.24, 2.45) is 5.10 Å². The van der Waals surface area contributed by atoms with E-state index >= 15 is 0 Å². The summed E-state index contributed by atoms with van der Waals surface area (Å²) in [6.45, 7) is 0. The molecular formula is C15H16N2S2. The SMILES string of the molecule is CSCc1ccc(C2=NNC(c3cccs3)C2)cc1. The van der Waals surface area contributed by atoms with E-state index in [1.54, 1.807) is 11.3 Å². The van der Waals surface area contributed by atoms with Gasteiger partial charge in [0.1, 0.15) is 0 Å². The molecule has 1 atom stereocenters. The van der Waals surface area contributed by atoms with Crippen LogP contribution in [0.3, 0.4) is 0 Å². The van der Waals surface area contributed by atoms with Gasteiger partial charge in [0.2, 0.25) is 0 Å². The minimum absolute atomic E-state index is 0.348. The Balaban J connectivity index is 1.70. The summed E-state index contributed by atoms with van der Waals surface area (Å²) in [7, 11) is 0. The van der Waals surface area contributed by atoms with Gasteiger partial charge in [0.05, 0.1) is 11.8 Å². The van der Waals surface area contributed by atoms with Gasteiger partial charge in [-0.05, 0) is 28.8 Å². The van der Waals surface area contributed by atoms with Crippen molar-refractivity contribution in [1.82, 2.24) is 5.43 Å². The first-order valence-electron chi connectivity index (χ1n) is 6.30. The first-order chi connectivity index (χ1) is 9.36. The Morgan fingerprint density at radius 3 is 2.84 bits per heavy atom. The van der Waals surface area contributed by atoms with Gasteiger partial charge in [0.15, 0.2) is 0 Å². The highest BCUT2D eigenvalue weighted by Crippen LogP contribution is 2.27. The maximum Gasteiger partial charge on any atom is 0.0838 e. The zero-order chi connectivity index (χ0) is 13.1. The standard InChI is InChI=1S/C15H16N2S2/c1-18-10-11-4-6-12(7-5-11)13-9-14(17-16-13)15-3-2-8-19-15/h2-8,14,17H,9-10H2,1H3. The second kappa shape index (κ2) is 5.80. The Kier molecular flexibility index (Phi) is 3.89. The van der Waals surface area contributed by atoms with E-state index in [2.05, 4.69) is 58.6 Å². The van der Waals surface area contributed by atoms with E-state index in [4.69, 9.17) is 0 Å². The van der Waals surface area contributed by atoms with Crippen LogP contribution in [0, 0.1) is 0 Å². The molecule has 1 unspecified atom stereocenters. The van der Waals surface area contributed by atoms with Crippen molar-refractivity contribution < 1.29 is 0 Å². The smallest absolute Gasteiger partial charge is 0.0838 e. The largest absolute Gasteiger partial charge is 0.301 e. The summed E-state index contributed by atoms with van der Waals surface area (Å²) in [5, 5.41) is 6.60. The van der Waals surface area contributed by atoms with Crippen molar-refractivity contribution in [3.05, 3.63) is 57.8 Å². The fraction of sp³-hybridized carbons (Fsp3) is 0.267. The monoisotopic (exact) mass is 288 g/mol. The quantitative estimate of drug-likeness (QED) is 0.918. The summed E-state index contributed by atoms with van der Waals surface area (Å²) in [5.74, 6) is 1.07. The summed E-state index contributed by atoms with van der Waals surface area (Å²) >= 11 is 3.64. The van der Waals surface area contributed by atoms with Gasteiger partial charge in [-0.2, -0.15) is 16.9 Å². The third kappa shape index (κ3) is 2.85. The van der Waals surface area contributed by atoms with E-state index in [9.17, 15) is 0 Å². The van der Waals surface area contributed by atoms with Crippen LogP contribution in [0.25, 0.3) is 0 Å². The summed E-state index contributed by atoms with van der Waals surface area (Å²) in [5.41, 5.74) is 7.01. The normalized spacial score (nSPS) is 18.2. The molecule has 2 heterocycles. The molecule has 0 spiro atoms. The van der Waals surface area contributed by atoms with E-state index in [-0.39, 0.29) is 0 Å². The minimum Gasteiger partial charge on any atom is -0.301 e. The number of thioether (sulfide) groups is 1. The number of benzene rings is 1. The lowest BCUT2D eigenvalue weighted by molar-refractivity contribution is 0.630. The van der Waals surface area contributed by atoms with Gasteiger partial charge < -0.3 is 5.43 Å². The van der Waals surface area contributed by atoms with Crippen LogP contribution in [0.15, 0.2) is 46.9 Å². The van der Waals surface area contributed by atoms with Gasteiger partial charge in [0, 0.05) is 17.1 Å². The fourth-order valence-electron chi connectivity index (χ4n) is 2.24. The molecule has 3 rings (SSSR count). The van der Waals surface area contributed by atoms with Crippen LogP contribution < -0.4 is 5.43 Å². The number of nitrogens with one attached hydrogen (secondary N) is 1. The molecule has 0 saturated heterocycles. The van der Waals surface area contributed by atoms with Gasteiger partial charge in [-0.25, -0.2) is 0 Å². The van der Waals surface area contributed by atoms with Crippen LogP contribution in [0.5, 0.6) is 0 Å². The lowest BCUT2D eigenvalue weighted by Gasteiger charge is -2.06. The molecule has 0 radical (unpaired) electrons. The highest BCUT2D eigenvalue weighted by atomic mass is 32.2. The fourth-order valence-corrected chi connectivity index (χ4v) is 3.53. The average molecular weight is 288 g/mol. The van der Waals surface area contributed by atoms with Crippen molar-refractivity contribution >= 4 is 28.8 Å². The van der Waals surface area contributed by atoms with E-state index in [1.165, 1.54) is 16.0 Å². The predicted octanol–water partition coefficient (Wildman–Crippen LogP) is 4.05. The number of hydrazone groups is 1. The van der Waals surface area contributed by atoms with Crippen LogP contribution in [0.2, 0.25) is 0 Å². The Morgan fingerprint density at radius 1 is 1.32 bits per heavy atom. The topological polar surface area (TPSA) is 24.4 Å². The van der Waals surface area contributed by atoms with E-state index < -0.39 is 0 Å². The van der Waals surface area contributed by atoms with E-state index in [0.717, 1.165) is 17.9 Å². The molecule has 1 N–H and O–H groups in total. The number of nitrogens with zero attached hydrogens (tertiary/aromatic N) is 1. The van der Waals surface area contributed by atoms with Crippen molar-refractivity contribution in [2.45, 2.75) is 18.2 Å². The van der Waals surface area contributed by atoms with Gasteiger partial charge in [0.25, 0.3) is 0 Å². The van der Waals surface area contributed by atoms with Gasteiger partial charge in [-0.1, -0.05) is 30.3 Å². The van der Waals surface area contributed by atoms with E-state index in [1.807, 2.05) is 11.8 Å². The molecule has 0 fully saturated rings. The Hall–Kier alpha value is -1.26. The molecule has 2 aromatic rings. The van der Waals surface area contributed by atoms with Crippen molar-refractivity contribution in [2.75, 3.05) is 6.26 Å². The zero-order valence-electron chi connectivity index (χ0n) is 10.8. The molecular weight excluding hydrogens is 272 g/mol. The second-order valence-electron chi connectivity index (χ2n) is 4.59. The Bertz CT molecular complexity index is 558. The molecule has 0 bridgehead atoms. The maximum absolute atomic E-state index is 4.49. The van der Waals surface area contributed by atoms with Crippen molar-refractivity contribution in [1.29, 1.82) is 0 Å². The predicted molar refractivity (Wildman–Crippen MR) is 85.0 cm³/mol. The van der Waals surface area contributed by atoms with E-state index in [0.29, 0.717) is 6.04 Å². The van der Waals surface area contributed by atoms with Gasteiger partial charge in [-0.15, -0.1) is 11.3 Å². The Labute approximate surface area is 121 Å². The molecule has 1 aromatic heterocycles. The minimum atomic E-state index is 0.348. The molecule has 2 nitrogen and oxygen atoms in total. The molecule has 19 heavy (non-hydrogen) atoms. The lowest BCUT2D eigenvalue weighted by atomic mass is 10.0.